The van der Waals surface area contributed by atoms with Crippen LogP contribution < -0.4 is 4.74 Å². The molecular weight excluding hydrogens is 242 g/mol. The predicted molar refractivity (Wildman–Crippen MR) is 63.1 cm³/mol. The molecule has 0 aromatic carbocycles. The van der Waals surface area contributed by atoms with E-state index in [1.54, 1.807) is 29.9 Å². The molecule has 0 fully saturated rings. The van der Waals surface area contributed by atoms with E-state index in [0.717, 1.165) is 0 Å². The Balaban J connectivity index is 2.43. The van der Waals surface area contributed by atoms with E-state index in [-0.39, 0.29) is 0 Å². The van der Waals surface area contributed by atoms with Gasteiger partial charge in [-0.05, 0) is 12.1 Å². The second kappa shape index (κ2) is 4.73. The normalized spacial score (nSPS) is 12.5. The molecule has 6 heteroatoms. The Kier molecular flexibility index (Phi) is 3.31. The molecule has 0 aliphatic carbocycles. The maximum atomic E-state index is 10.2. The highest BCUT2D eigenvalue weighted by Crippen LogP contribution is 2.27. The molecule has 0 aliphatic heterocycles. The van der Waals surface area contributed by atoms with Crippen LogP contribution >= 0.6 is 11.6 Å². The van der Waals surface area contributed by atoms with E-state index in [9.17, 15) is 5.11 Å². The maximum absolute atomic E-state index is 10.2. The monoisotopic (exact) mass is 253 g/mol. The van der Waals surface area contributed by atoms with Crippen LogP contribution in [0.15, 0.2) is 24.5 Å². The Labute approximate surface area is 104 Å². The third-order valence-corrected chi connectivity index (χ3v) is 2.84. The van der Waals surface area contributed by atoms with Crippen LogP contribution in [-0.4, -0.2) is 26.8 Å². The summed E-state index contributed by atoms with van der Waals surface area (Å²) in [6, 6.07) is 3.47. The topological polar surface area (TPSA) is 60.2 Å². The molecule has 5 nitrogen and oxygen atoms in total. The SMILES string of the molecule is COc1cccnc1C(O)c1ncc(Cl)n1C. The molecule has 0 saturated heterocycles. The molecule has 0 spiro atoms. The van der Waals surface area contributed by atoms with Crippen molar-refractivity contribution in [3.8, 4) is 5.75 Å². The van der Waals surface area contributed by atoms with Gasteiger partial charge in [-0.15, -0.1) is 0 Å². The van der Waals surface area contributed by atoms with Crippen LogP contribution in [0.4, 0.5) is 0 Å². The van der Waals surface area contributed by atoms with Crippen molar-refractivity contribution in [2.45, 2.75) is 6.10 Å². The number of nitrogens with zero attached hydrogens (tertiary/aromatic N) is 3. The number of aromatic nitrogens is 3. The minimum absolute atomic E-state index is 0.417. The molecule has 17 heavy (non-hydrogen) atoms. The summed E-state index contributed by atoms with van der Waals surface area (Å²) in [6.45, 7) is 0. The van der Waals surface area contributed by atoms with Gasteiger partial charge in [-0.1, -0.05) is 11.6 Å². The number of aliphatic hydroxyl groups is 1. The first-order valence-electron chi connectivity index (χ1n) is 4.99. The Morgan fingerprint density at radius 3 is 2.82 bits per heavy atom. The molecule has 0 aliphatic rings. The van der Waals surface area contributed by atoms with Crippen molar-refractivity contribution in [1.29, 1.82) is 0 Å². The highest BCUT2D eigenvalue weighted by atomic mass is 35.5. The second-order valence-corrected chi connectivity index (χ2v) is 3.88. The summed E-state index contributed by atoms with van der Waals surface area (Å²) < 4.78 is 6.74. The largest absolute Gasteiger partial charge is 0.495 e. The first kappa shape index (κ1) is 11.9. The van der Waals surface area contributed by atoms with Crippen LogP contribution in [-0.2, 0) is 7.05 Å². The summed E-state index contributed by atoms with van der Waals surface area (Å²) in [5.74, 6) is 0.936. The van der Waals surface area contributed by atoms with Crippen molar-refractivity contribution in [2.75, 3.05) is 7.11 Å². The highest BCUT2D eigenvalue weighted by molar-refractivity contribution is 6.29. The number of ether oxygens (including phenoxy) is 1. The van der Waals surface area contributed by atoms with Crippen LogP contribution in [0.2, 0.25) is 5.15 Å². The molecule has 0 bridgehead atoms. The number of methoxy groups -OCH3 is 1. The first-order valence-corrected chi connectivity index (χ1v) is 5.37. The van der Waals surface area contributed by atoms with Crippen LogP contribution in [0, 0.1) is 0 Å². The van der Waals surface area contributed by atoms with Crippen molar-refractivity contribution < 1.29 is 9.84 Å². The van der Waals surface area contributed by atoms with Gasteiger partial charge in [0, 0.05) is 13.2 Å². The number of rotatable bonds is 3. The zero-order valence-electron chi connectivity index (χ0n) is 9.46. The van der Waals surface area contributed by atoms with Gasteiger partial charge in [-0.25, -0.2) is 4.98 Å². The van der Waals surface area contributed by atoms with Gasteiger partial charge in [-0.2, -0.15) is 0 Å². The van der Waals surface area contributed by atoms with Crippen LogP contribution in [0.25, 0.3) is 0 Å². The van der Waals surface area contributed by atoms with Gasteiger partial charge in [0.2, 0.25) is 0 Å². The standard InChI is InChI=1S/C11H12ClN3O2/c1-15-8(12)6-14-11(15)10(16)9-7(17-2)4-3-5-13-9/h3-6,10,16H,1-2H3. The average molecular weight is 254 g/mol. The highest BCUT2D eigenvalue weighted by Gasteiger charge is 2.21. The number of hydrogen-bond donors (Lipinski definition) is 1. The fourth-order valence-electron chi connectivity index (χ4n) is 1.56. The van der Waals surface area contributed by atoms with Crippen molar-refractivity contribution >= 4 is 11.6 Å². The lowest BCUT2D eigenvalue weighted by Crippen LogP contribution is -2.10. The minimum atomic E-state index is -0.969. The van der Waals surface area contributed by atoms with E-state index < -0.39 is 6.10 Å². The third-order valence-electron chi connectivity index (χ3n) is 2.49. The van der Waals surface area contributed by atoms with Crippen molar-refractivity contribution in [3.05, 3.63) is 41.2 Å². The van der Waals surface area contributed by atoms with Gasteiger partial charge < -0.3 is 14.4 Å². The number of hydrogen-bond acceptors (Lipinski definition) is 4. The summed E-state index contributed by atoms with van der Waals surface area (Å²) >= 11 is 5.87. The average Bonchev–Trinajstić information content (AvgIpc) is 2.69. The molecule has 0 saturated carbocycles. The van der Waals surface area contributed by atoms with E-state index >= 15 is 0 Å². The Morgan fingerprint density at radius 2 is 2.24 bits per heavy atom. The molecule has 1 atom stereocenters. The van der Waals surface area contributed by atoms with Crippen molar-refractivity contribution in [2.24, 2.45) is 7.05 Å². The number of halogens is 1. The van der Waals surface area contributed by atoms with Crippen molar-refractivity contribution in [3.63, 3.8) is 0 Å². The fourth-order valence-corrected chi connectivity index (χ4v) is 1.69. The quantitative estimate of drug-likeness (QED) is 0.902. The molecule has 0 amide bonds. The van der Waals surface area contributed by atoms with Gasteiger partial charge in [0.15, 0.2) is 6.10 Å². The van der Waals surface area contributed by atoms with E-state index in [4.69, 9.17) is 16.3 Å². The molecule has 2 heterocycles. The van der Waals surface area contributed by atoms with Crippen LogP contribution in [0.5, 0.6) is 5.75 Å². The summed E-state index contributed by atoms with van der Waals surface area (Å²) in [7, 11) is 3.25. The van der Waals surface area contributed by atoms with Gasteiger partial charge in [0.25, 0.3) is 0 Å². The zero-order chi connectivity index (χ0) is 12.4. The molecule has 2 rings (SSSR count). The summed E-state index contributed by atoms with van der Waals surface area (Å²) in [4.78, 5) is 8.16. The van der Waals surface area contributed by atoms with E-state index in [1.807, 2.05) is 0 Å². The van der Waals surface area contributed by atoms with Gasteiger partial charge >= 0.3 is 0 Å². The first-order chi connectivity index (χ1) is 8.15. The van der Waals surface area contributed by atoms with Crippen molar-refractivity contribution in [1.82, 2.24) is 14.5 Å². The third kappa shape index (κ3) is 2.11. The number of aliphatic hydroxyl groups excluding tert-OH is 1. The van der Waals surface area contributed by atoms with Gasteiger partial charge in [-0.3, -0.25) is 4.98 Å². The minimum Gasteiger partial charge on any atom is -0.495 e. The van der Waals surface area contributed by atoms with E-state index in [2.05, 4.69) is 9.97 Å². The summed E-state index contributed by atoms with van der Waals surface area (Å²) in [5.41, 5.74) is 0.417. The summed E-state index contributed by atoms with van der Waals surface area (Å²) in [5, 5.41) is 10.7. The van der Waals surface area contributed by atoms with Crippen LogP contribution in [0.1, 0.15) is 17.6 Å². The Bertz CT molecular complexity index is 527. The smallest absolute Gasteiger partial charge is 0.157 e. The Morgan fingerprint density at radius 1 is 1.47 bits per heavy atom. The lowest BCUT2D eigenvalue weighted by molar-refractivity contribution is 0.196. The van der Waals surface area contributed by atoms with E-state index in [1.165, 1.54) is 13.3 Å². The lowest BCUT2D eigenvalue weighted by Gasteiger charge is -2.13. The second-order valence-electron chi connectivity index (χ2n) is 3.49. The van der Waals surface area contributed by atoms with Gasteiger partial charge in [0.1, 0.15) is 22.4 Å². The fraction of sp³-hybridized carbons (Fsp3) is 0.273. The van der Waals surface area contributed by atoms with E-state index in [0.29, 0.717) is 22.4 Å². The molecule has 1 N–H and O–H groups in total. The molecule has 0 radical (unpaired) electrons. The maximum Gasteiger partial charge on any atom is 0.157 e. The summed E-state index contributed by atoms with van der Waals surface area (Å²) in [6.07, 6.45) is 2.10. The lowest BCUT2D eigenvalue weighted by atomic mass is 10.2. The van der Waals surface area contributed by atoms with Gasteiger partial charge in [0.05, 0.1) is 13.3 Å². The predicted octanol–water partition coefficient (Wildman–Crippen LogP) is 1.56. The number of imidazole rings is 1. The molecule has 2 aromatic heterocycles. The molecule has 90 valence electrons. The zero-order valence-corrected chi connectivity index (χ0v) is 10.2. The molecule has 2 aromatic rings. The Hall–Kier alpha value is -1.59. The van der Waals surface area contributed by atoms with Crippen LogP contribution in [0.3, 0.4) is 0 Å². The molecule has 1 unspecified atom stereocenters. The molecular formula is C11H12ClN3O2. The number of pyridine rings is 1.